The van der Waals surface area contributed by atoms with Gasteiger partial charge in [-0.15, -0.1) is 0 Å². The first-order chi connectivity index (χ1) is 8.20. The maximum Gasteiger partial charge on any atom is 0.0703 e. The van der Waals surface area contributed by atoms with Crippen LogP contribution in [0.5, 0.6) is 0 Å². The van der Waals surface area contributed by atoms with E-state index in [-0.39, 0.29) is 6.17 Å². The van der Waals surface area contributed by atoms with Crippen molar-refractivity contribution >= 4 is 0 Å². The summed E-state index contributed by atoms with van der Waals surface area (Å²) in [7, 11) is 0. The molecule has 3 aliphatic rings. The van der Waals surface area contributed by atoms with Gasteiger partial charge in [0, 0.05) is 43.8 Å². The lowest BCUT2D eigenvalue weighted by Crippen LogP contribution is -2.88. The van der Waals surface area contributed by atoms with Gasteiger partial charge in [0.1, 0.15) is 0 Å². The fourth-order valence-corrected chi connectivity index (χ4v) is 4.42. The Morgan fingerprint density at radius 3 is 2.06 bits per heavy atom. The van der Waals surface area contributed by atoms with Gasteiger partial charge in [0.05, 0.1) is 6.17 Å². The van der Waals surface area contributed by atoms with E-state index < -0.39 is 0 Å². The molecule has 0 aromatic heterocycles. The number of nitrogens with zero attached hydrogens (tertiary/aromatic N) is 2. The van der Waals surface area contributed by atoms with Gasteiger partial charge in [0.15, 0.2) is 0 Å². The van der Waals surface area contributed by atoms with E-state index in [4.69, 9.17) is 17.2 Å². The number of nitrogens with two attached hydrogens (primary N) is 3. The van der Waals surface area contributed by atoms with Crippen molar-refractivity contribution < 1.29 is 0 Å². The molecule has 3 rings (SSSR count). The summed E-state index contributed by atoms with van der Waals surface area (Å²) in [6.07, 6.45) is 5.27. The summed E-state index contributed by atoms with van der Waals surface area (Å²) in [6, 6.07) is 0. The Balaban J connectivity index is 1.76. The first-order valence-corrected chi connectivity index (χ1v) is 6.88. The van der Waals surface area contributed by atoms with Crippen LogP contribution in [0.25, 0.3) is 0 Å². The molecule has 0 radical (unpaired) electrons. The quantitative estimate of drug-likeness (QED) is 0.578. The molecule has 2 aliphatic heterocycles. The van der Waals surface area contributed by atoms with E-state index in [1.54, 1.807) is 0 Å². The Morgan fingerprint density at radius 2 is 1.71 bits per heavy atom. The predicted octanol–water partition coefficient (Wildman–Crippen LogP) is -1.13. The molecule has 5 nitrogen and oxygen atoms in total. The number of hydrogen-bond donors (Lipinski definition) is 3. The van der Waals surface area contributed by atoms with Crippen molar-refractivity contribution in [2.45, 2.75) is 42.9 Å². The average molecular weight is 239 g/mol. The first-order valence-electron chi connectivity index (χ1n) is 6.88. The second-order valence-corrected chi connectivity index (χ2v) is 5.84. The van der Waals surface area contributed by atoms with Crippen LogP contribution in [-0.4, -0.2) is 59.8 Å². The molecule has 0 amide bonds. The van der Waals surface area contributed by atoms with Crippen molar-refractivity contribution in [1.82, 2.24) is 9.80 Å². The van der Waals surface area contributed by atoms with Gasteiger partial charge in [-0.25, -0.2) is 0 Å². The lowest BCUT2D eigenvalue weighted by atomic mass is 9.49. The van der Waals surface area contributed by atoms with Crippen LogP contribution in [0.15, 0.2) is 0 Å². The highest BCUT2D eigenvalue weighted by molar-refractivity contribution is 5.28. The summed E-state index contributed by atoms with van der Waals surface area (Å²) < 4.78 is 0. The minimum Gasteiger partial charge on any atom is -0.329 e. The Labute approximate surface area is 103 Å². The van der Waals surface area contributed by atoms with Crippen LogP contribution < -0.4 is 17.2 Å². The maximum absolute atomic E-state index is 6.14. The molecule has 3 unspecified atom stereocenters. The van der Waals surface area contributed by atoms with Gasteiger partial charge in [-0.3, -0.25) is 9.80 Å². The van der Waals surface area contributed by atoms with Crippen LogP contribution >= 0.6 is 0 Å². The van der Waals surface area contributed by atoms with E-state index in [2.05, 4.69) is 9.80 Å². The average Bonchev–Trinajstić information content (AvgIpc) is 2.21. The SMILES string of the molecule is NCCN1CCC12CCC21CCN1C(N)CN. The number of hydrogen-bond acceptors (Lipinski definition) is 5. The Kier molecular flexibility index (Phi) is 2.72. The topological polar surface area (TPSA) is 84.5 Å². The molecule has 1 saturated carbocycles. The lowest BCUT2D eigenvalue weighted by molar-refractivity contribution is -0.250. The Bertz CT molecular complexity index is 301. The van der Waals surface area contributed by atoms with Crippen molar-refractivity contribution in [2.75, 3.05) is 32.7 Å². The van der Waals surface area contributed by atoms with Gasteiger partial charge >= 0.3 is 0 Å². The van der Waals surface area contributed by atoms with Crippen LogP contribution in [0, 0.1) is 0 Å². The predicted molar refractivity (Wildman–Crippen MR) is 68.3 cm³/mol. The highest BCUT2D eigenvalue weighted by Crippen LogP contribution is 2.62. The third-order valence-corrected chi connectivity index (χ3v) is 5.58. The zero-order chi connectivity index (χ0) is 12.1. The molecule has 0 aromatic rings. The molecular formula is C12H25N5. The summed E-state index contributed by atoms with van der Waals surface area (Å²) >= 11 is 0. The summed E-state index contributed by atoms with van der Waals surface area (Å²) in [5, 5.41) is 0. The number of fused-ring (bicyclic) bond motifs is 1. The van der Waals surface area contributed by atoms with Crippen molar-refractivity contribution in [3.63, 3.8) is 0 Å². The van der Waals surface area contributed by atoms with Gasteiger partial charge < -0.3 is 17.2 Å². The molecule has 17 heavy (non-hydrogen) atoms. The van der Waals surface area contributed by atoms with Gasteiger partial charge in [0.25, 0.3) is 0 Å². The summed E-state index contributed by atoms with van der Waals surface area (Å²) in [5.41, 5.74) is 18.3. The van der Waals surface area contributed by atoms with Gasteiger partial charge in [-0.05, 0) is 25.7 Å². The lowest BCUT2D eigenvalue weighted by Gasteiger charge is -2.77. The molecule has 0 aromatic carbocycles. The summed E-state index contributed by atoms with van der Waals surface area (Å²) in [6.45, 7) is 4.70. The summed E-state index contributed by atoms with van der Waals surface area (Å²) in [5.74, 6) is 0. The van der Waals surface area contributed by atoms with Crippen molar-refractivity contribution in [3.8, 4) is 0 Å². The van der Waals surface area contributed by atoms with Crippen molar-refractivity contribution in [3.05, 3.63) is 0 Å². The third kappa shape index (κ3) is 1.26. The molecule has 98 valence electrons. The molecule has 2 heterocycles. The zero-order valence-electron chi connectivity index (χ0n) is 10.6. The van der Waals surface area contributed by atoms with Gasteiger partial charge in [-0.2, -0.15) is 0 Å². The van der Waals surface area contributed by atoms with Crippen LogP contribution in [0.1, 0.15) is 25.7 Å². The van der Waals surface area contributed by atoms with Crippen LogP contribution in [0.2, 0.25) is 0 Å². The Hall–Kier alpha value is -0.200. The van der Waals surface area contributed by atoms with Crippen LogP contribution in [-0.2, 0) is 0 Å². The fourth-order valence-electron chi connectivity index (χ4n) is 4.42. The maximum atomic E-state index is 6.14. The minimum absolute atomic E-state index is 0.0428. The molecule has 2 saturated heterocycles. The second kappa shape index (κ2) is 3.90. The number of rotatable bonds is 4. The summed E-state index contributed by atoms with van der Waals surface area (Å²) in [4.78, 5) is 5.05. The van der Waals surface area contributed by atoms with E-state index in [1.807, 2.05) is 0 Å². The van der Waals surface area contributed by atoms with Crippen LogP contribution in [0.4, 0.5) is 0 Å². The van der Waals surface area contributed by atoms with Gasteiger partial charge in [0.2, 0.25) is 0 Å². The molecule has 5 heteroatoms. The molecular weight excluding hydrogens is 214 g/mol. The van der Waals surface area contributed by atoms with E-state index in [0.29, 0.717) is 17.6 Å². The zero-order valence-corrected chi connectivity index (χ0v) is 10.6. The standard InChI is InChI=1S/C12H25N5/c13-5-8-16-6-3-11(16)1-2-12(11)4-7-17(12)10(15)9-14/h10H,1-9,13-15H2. The van der Waals surface area contributed by atoms with Crippen molar-refractivity contribution in [2.24, 2.45) is 17.2 Å². The smallest absolute Gasteiger partial charge is 0.0703 e. The highest BCUT2D eigenvalue weighted by Gasteiger charge is 2.70. The van der Waals surface area contributed by atoms with E-state index in [1.165, 1.54) is 32.2 Å². The third-order valence-electron chi connectivity index (χ3n) is 5.58. The number of likely N-dealkylation sites (tertiary alicyclic amines) is 2. The second-order valence-electron chi connectivity index (χ2n) is 5.84. The first kappa shape index (κ1) is 11.9. The monoisotopic (exact) mass is 239 g/mol. The highest BCUT2D eigenvalue weighted by atomic mass is 15.4. The van der Waals surface area contributed by atoms with Gasteiger partial charge in [-0.1, -0.05) is 0 Å². The minimum atomic E-state index is 0.0428. The molecule has 3 atom stereocenters. The molecule has 2 spiro atoms. The molecule has 6 N–H and O–H groups in total. The largest absolute Gasteiger partial charge is 0.329 e. The normalized spacial score (nSPS) is 43.2. The molecule has 0 bridgehead atoms. The molecule has 3 fully saturated rings. The van der Waals surface area contributed by atoms with Crippen LogP contribution in [0.3, 0.4) is 0 Å². The van der Waals surface area contributed by atoms with E-state index in [0.717, 1.165) is 19.6 Å². The van der Waals surface area contributed by atoms with Crippen molar-refractivity contribution in [1.29, 1.82) is 0 Å². The fraction of sp³-hybridized carbons (Fsp3) is 1.00. The Morgan fingerprint density at radius 1 is 1.00 bits per heavy atom. The van der Waals surface area contributed by atoms with E-state index in [9.17, 15) is 0 Å². The molecule has 1 aliphatic carbocycles. The van der Waals surface area contributed by atoms with E-state index >= 15 is 0 Å².